The summed E-state index contributed by atoms with van der Waals surface area (Å²) in [5.41, 5.74) is 7.46. The summed E-state index contributed by atoms with van der Waals surface area (Å²) in [5.74, 6) is 0.0912. The predicted octanol–water partition coefficient (Wildman–Crippen LogP) is 5.88. The van der Waals surface area contributed by atoms with Crippen molar-refractivity contribution in [1.82, 2.24) is 19.6 Å². The van der Waals surface area contributed by atoms with Gasteiger partial charge in [0, 0.05) is 75.3 Å². The highest BCUT2D eigenvalue weighted by molar-refractivity contribution is 5.82. The molecule has 4 heterocycles. The lowest BCUT2D eigenvalue weighted by molar-refractivity contribution is -0.129. The number of nitrogens with zero attached hydrogens (tertiary/aromatic N) is 4. The van der Waals surface area contributed by atoms with Crippen LogP contribution < -0.4 is 0 Å². The fraction of sp³-hybridized carbons (Fsp3) is 0.533. The number of carbonyl (C=O) groups is 1. The Kier molecular flexibility index (Phi) is 8.85. The molecule has 2 aromatic rings. The van der Waals surface area contributed by atoms with Crippen LogP contribution in [0.5, 0.6) is 0 Å². The van der Waals surface area contributed by atoms with Gasteiger partial charge in [0.15, 0.2) is 0 Å². The van der Waals surface area contributed by atoms with E-state index in [2.05, 4.69) is 40.4 Å². The summed E-state index contributed by atoms with van der Waals surface area (Å²) in [6, 6.07) is 6.54. The van der Waals surface area contributed by atoms with Gasteiger partial charge in [0.1, 0.15) is 6.17 Å². The number of ether oxygens (including phenoxy) is 1. The number of alkyl halides is 1. The Hall–Kier alpha value is -2.93. The van der Waals surface area contributed by atoms with E-state index in [0.717, 1.165) is 79.2 Å². The second-order valence-corrected chi connectivity index (χ2v) is 9.88. The van der Waals surface area contributed by atoms with Crippen LogP contribution in [-0.4, -0.2) is 64.5 Å². The van der Waals surface area contributed by atoms with Crippen LogP contribution >= 0.6 is 0 Å². The molecule has 1 atom stereocenters. The van der Waals surface area contributed by atoms with Crippen molar-refractivity contribution in [3.8, 4) is 11.3 Å². The maximum absolute atomic E-state index is 13.8. The first-order valence-corrected chi connectivity index (χ1v) is 13.7. The molecule has 0 radical (unpaired) electrons. The van der Waals surface area contributed by atoms with Gasteiger partial charge in [-0.15, -0.1) is 0 Å². The van der Waals surface area contributed by atoms with Gasteiger partial charge in [-0.3, -0.25) is 9.48 Å². The third kappa shape index (κ3) is 5.66. The molecule has 1 aromatic heterocycles. The topological polar surface area (TPSA) is 50.6 Å². The second kappa shape index (κ2) is 12.1. The number of amides is 1. The van der Waals surface area contributed by atoms with Crippen LogP contribution in [0.1, 0.15) is 75.4 Å². The van der Waals surface area contributed by atoms with Crippen molar-refractivity contribution in [2.45, 2.75) is 72.1 Å². The molecule has 1 amide bonds. The Morgan fingerprint density at radius 3 is 2.54 bits per heavy atom. The van der Waals surface area contributed by atoms with Crippen LogP contribution in [0.2, 0.25) is 0 Å². The van der Waals surface area contributed by atoms with E-state index in [0.29, 0.717) is 25.6 Å². The molecule has 2 saturated heterocycles. The molecular formula is C30H41FN4O2. The fourth-order valence-electron chi connectivity index (χ4n) is 5.66. The zero-order valence-corrected chi connectivity index (χ0v) is 22.8. The van der Waals surface area contributed by atoms with Crippen molar-refractivity contribution < 1.29 is 13.9 Å². The number of aromatic nitrogens is 2. The molecule has 0 N–H and O–H groups in total. The average molecular weight is 509 g/mol. The first kappa shape index (κ1) is 27.1. The largest absolute Gasteiger partial charge is 0.381 e. The molecule has 0 saturated carbocycles. The van der Waals surface area contributed by atoms with E-state index in [9.17, 15) is 9.18 Å². The first-order valence-electron chi connectivity index (χ1n) is 13.7. The Morgan fingerprint density at radius 2 is 1.89 bits per heavy atom. The molecule has 0 aliphatic carbocycles. The smallest absolute Gasteiger partial charge is 0.219 e. The van der Waals surface area contributed by atoms with Crippen LogP contribution in [0.4, 0.5) is 4.39 Å². The van der Waals surface area contributed by atoms with Crippen LogP contribution in [0, 0.1) is 0 Å². The van der Waals surface area contributed by atoms with E-state index in [1.54, 1.807) is 6.92 Å². The van der Waals surface area contributed by atoms with Crippen molar-refractivity contribution in [1.29, 1.82) is 0 Å². The molecule has 2 fully saturated rings. The molecule has 7 heteroatoms. The maximum Gasteiger partial charge on any atom is 0.219 e. The van der Waals surface area contributed by atoms with Gasteiger partial charge in [-0.2, -0.15) is 5.10 Å². The Bertz CT molecular complexity index is 1150. The van der Waals surface area contributed by atoms with E-state index in [1.165, 1.54) is 5.69 Å². The molecule has 200 valence electrons. The van der Waals surface area contributed by atoms with E-state index in [-0.39, 0.29) is 5.91 Å². The fourth-order valence-corrected chi connectivity index (χ4v) is 5.66. The SMILES string of the molecule is C=Cc1c(/C=C(\C)N2CCC(F)C2)cccc1-c1nn(C2CCOCC2)c2c1CN(C(C)=O)CC2.CC. The Morgan fingerprint density at radius 1 is 1.14 bits per heavy atom. The van der Waals surface area contributed by atoms with Gasteiger partial charge in [-0.25, -0.2) is 4.39 Å². The minimum Gasteiger partial charge on any atom is -0.381 e. The van der Waals surface area contributed by atoms with Gasteiger partial charge in [-0.05, 0) is 43.4 Å². The molecule has 6 nitrogen and oxygen atoms in total. The minimum atomic E-state index is -0.756. The molecule has 1 unspecified atom stereocenters. The van der Waals surface area contributed by atoms with Crippen LogP contribution in [0.3, 0.4) is 0 Å². The molecule has 37 heavy (non-hydrogen) atoms. The maximum atomic E-state index is 13.8. The molecule has 3 aliphatic heterocycles. The summed E-state index contributed by atoms with van der Waals surface area (Å²) in [7, 11) is 0. The van der Waals surface area contributed by atoms with Crippen LogP contribution in [0.15, 0.2) is 30.5 Å². The zero-order chi connectivity index (χ0) is 26.5. The monoisotopic (exact) mass is 508 g/mol. The lowest BCUT2D eigenvalue weighted by atomic mass is 9.94. The third-order valence-corrected chi connectivity index (χ3v) is 7.66. The summed E-state index contributed by atoms with van der Waals surface area (Å²) in [4.78, 5) is 16.3. The lowest BCUT2D eigenvalue weighted by Crippen LogP contribution is -2.35. The number of halogens is 1. The third-order valence-electron chi connectivity index (χ3n) is 7.66. The van der Waals surface area contributed by atoms with E-state index < -0.39 is 6.17 Å². The van der Waals surface area contributed by atoms with Gasteiger partial charge in [0.2, 0.25) is 5.91 Å². The molecule has 1 aromatic carbocycles. The van der Waals surface area contributed by atoms with Crippen molar-refractivity contribution in [3.05, 3.63) is 52.9 Å². The van der Waals surface area contributed by atoms with Crippen molar-refractivity contribution in [3.63, 3.8) is 0 Å². The summed E-state index contributed by atoms with van der Waals surface area (Å²) < 4.78 is 21.6. The Labute approximate surface area is 220 Å². The van der Waals surface area contributed by atoms with Gasteiger partial charge >= 0.3 is 0 Å². The normalized spacial score (nSPS) is 20.4. The van der Waals surface area contributed by atoms with E-state index >= 15 is 0 Å². The number of hydrogen-bond acceptors (Lipinski definition) is 4. The van der Waals surface area contributed by atoms with Gasteiger partial charge in [0.25, 0.3) is 0 Å². The Balaban J connectivity index is 0.00000156. The summed E-state index contributed by atoms with van der Waals surface area (Å²) in [5, 5.41) is 5.19. The van der Waals surface area contributed by atoms with Crippen molar-refractivity contribution >= 4 is 18.1 Å². The number of benzene rings is 1. The highest BCUT2D eigenvalue weighted by Crippen LogP contribution is 2.37. The molecular weight excluding hydrogens is 467 g/mol. The van der Waals surface area contributed by atoms with Crippen LogP contribution in [0.25, 0.3) is 23.4 Å². The minimum absolute atomic E-state index is 0.0912. The standard InChI is InChI=1S/C28H35FN4O2.C2H6/c1-4-24-21(16-19(2)31-12-8-22(29)17-31)6-5-7-25(24)28-26-18-32(20(3)34)13-9-27(26)33(30-28)23-10-14-35-15-11-23;1-2/h4-7,16,22-23H,1,8-15,17-18H2,2-3H3;1-2H3/b19-16+;. The zero-order valence-electron chi connectivity index (χ0n) is 22.8. The van der Waals surface area contributed by atoms with Gasteiger partial charge in [-0.1, -0.05) is 44.7 Å². The summed E-state index contributed by atoms with van der Waals surface area (Å²) >= 11 is 0. The van der Waals surface area contributed by atoms with Gasteiger partial charge in [0.05, 0.1) is 11.7 Å². The number of rotatable bonds is 5. The first-order chi connectivity index (χ1) is 18.0. The molecule has 0 spiro atoms. The summed E-state index contributed by atoms with van der Waals surface area (Å²) in [6.07, 6.45) is 6.55. The molecule has 3 aliphatic rings. The van der Waals surface area contributed by atoms with E-state index in [1.807, 2.05) is 31.7 Å². The van der Waals surface area contributed by atoms with Crippen LogP contribution in [-0.2, 0) is 22.5 Å². The second-order valence-electron chi connectivity index (χ2n) is 9.88. The highest BCUT2D eigenvalue weighted by Gasteiger charge is 2.31. The van der Waals surface area contributed by atoms with E-state index in [4.69, 9.17) is 9.84 Å². The van der Waals surface area contributed by atoms with Crippen molar-refractivity contribution in [2.24, 2.45) is 0 Å². The number of likely N-dealkylation sites (tertiary alicyclic amines) is 1. The summed E-state index contributed by atoms with van der Waals surface area (Å²) in [6.45, 7) is 15.8. The number of allylic oxidation sites excluding steroid dienone is 1. The molecule has 0 bridgehead atoms. The lowest BCUT2D eigenvalue weighted by Gasteiger charge is -2.29. The number of carbonyl (C=O) groups excluding carboxylic acids is 1. The van der Waals surface area contributed by atoms with Crippen molar-refractivity contribution in [2.75, 3.05) is 32.8 Å². The van der Waals surface area contributed by atoms with Gasteiger partial charge < -0.3 is 14.5 Å². The quantitative estimate of drug-likeness (QED) is 0.506. The number of hydrogen-bond donors (Lipinski definition) is 0. The number of fused-ring (bicyclic) bond motifs is 1. The molecule has 5 rings (SSSR count). The predicted molar refractivity (Wildman–Crippen MR) is 148 cm³/mol. The highest BCUT2D eigenvalue weighted by atomic mass is 19.1. The average Bonchev–Trinajstić information content (AvgIpc) is 3.53.